The largest absolute Gasteiger partial charge is 0.480 e. The van der Waals surface area contributed by atoms with E-state index in [1.165, 1.54) is 0 Å². The van der Waals surface area contributed by atoms with E-state index in [9.17, 15) is 9.59 Å². The molecule has 2 atom stereocenters. The Kier molecular flexibility index (Phi) is 6.26. The van der Waals surface area contributed by atoms with Gasteiger partial charge in [-0.2, -0.15) is 0 Å². The molecule has 0 aromatic heterocycles. The zero-order chi connectivity index (χ0) is 15.3. The van der Waals surface area contributed by atoms with E-state index in [4.69, 9.17) is 5.11 Å². The summed E-state index contributed by atoms with van der Waals surface area (Å²) in [6, 6.07) is -0.169. The number of hydrogen-bond acceptors (Lipinski definition) is 3. The summed E-state index contributed by atoms with van der Waals surface area (Å²) in [6.45, 7) is 11.0. The van der Waals surface area contributed by atoms with E-state index in [0.717, 1.165) is 6.42 Å². The second kappa shape index (κ2) is 7.47. The number of carbonyl (C=O) groups is 2. The van der Waals surface area contributed by atoms with Crippen LogP contribution in [-0.4, -0.2) is 76.6 Å². The van der Waals surface area contributed by atoms with Gasteiger partial charge in [0.2, 0.25) is 0 Å². The molecule has 2 amide bonds. The van der Waals surface area contributed by atoms with Crippen molar-refractivity contribution in [2.45, 2.75) is 46.2 Å². The normalized spacial score (nSPS) is 19.5. The van der Waals surface area contributed by atoms with Crippen LogP contribution in [0.3, 0.4) is 0 Å². The minimum Gasteiger partial charge on any atom is -0.480 e. The molecule has 1 rings (SSSR count). The number of amides is 2. The molecule has 0 saturated carbocycles. The van der Waals surface area contributed by atoms with Crippen molar-refractivity contribution >= 4 is 12.0 Å². The summed E-state index contributed by atoms with van der Waals surface area (Å²) < 4.78 is 0. The van der Waals surface area contributed by atoms with Crippen molar-refractivity contribution in [3.63, 3.8) is 0 Å². The number of carbonyl (C=O) groups excluding carboxylic acids is 1. The third-order valence-electron chi connectivity index (χ3n) is 4.20. The van der Waals surface area contributed by atoms with Gasteiger partial charge in [-0.1, -0.05) is 6.92 Å². The van der Waals surface area contributed by atoms with Crippen molar-refractivity contribution in [1.82, 2.24) is 14.7 Å². The van der Waals surface area contributed by atoms with Crippen LogP contribution in [0.1, 0.15) is 34.1 Å². The lowest BCUT2D eigenvalue weighted by Crippen LogP contribution is -2.56. The van der Waals surface area contributed by atoms with Crippen molar-refractivity contribution in [3.05, 3.63) is 0 Å². The molecule has 0 radical (unpaired) electrons. The predicted molar refractivity (Wildman–Crippen MR) is 77.8 cm³/mol. The van der Waals surface area contributed by atoms with Crippen LogP contribution in [0.2, 0.25) is 0 Å². The highest BCUT2D eigenvalue weighted by atomic mass is 16.4. The number of urea groups is 1. The number of hydrogen-bond donors (Lipinski definition) is 1. The Balaban J connectivity index is 2.56. The monoisotopic (exact) mass is 285 g/mol. The molecule has 0 aliphatic carbocycles. The van der Waals surface area contributed by atoms with E-state index in [2.05, 4.69) is 13.8 Å². The van der Waals surface area contributed by atoms with Gasteiger partial charge in [0.15, 0.2) is 0 Å². The first-order chi connectivity index (χ1) is 9.42. The van der Waals surface area contributed by atoms with Gasteiger partial charge >= 0.3 is 12.0 Å². The summed E-state index contributed by atoms with van der Waals surface area (Å²) in [5.41, 5.74) is 0. The highest BCUT2D eigenvalue weighted by Crippen LogP contribution is 2.12. The maximum absolute atomic E-state index is 12.5. The van der Waals surface area contributed by atoms with Crippen LogP contribution in [0.15, 0.2) is 0 Å². The van der Waals surface area contributed by atoms with Gasteiger partial charge in [0.1, 0.15) is 6.04 Å². The number of rotatable bonds is 5. The van der Waals surface area contributed by atoms with Crippen LogP contribution in [0.4, 0.5) is 4.79 Å². The van der Waals surface area contributed by atoms with E-state index < -0.39 is 12.0 Å². The average molecular weight is 285 g/mol. The van der Waals surface area contributed by atoms with Crippen LogP contribution >= 0.6 is 0 Å². The topological polar surface area (TPSA) is 64.1 Å². The summed E-state index contributed by atoms with van der Waals surface area (Å²) in [7, 11) is 0. The number of carboxylic acids is 1. The van der Waals surface area contributed by atoms with E-state index >= 15 is 0 Å². The summed E-state index contributed by atoms with van der Waals surface area (Å²) in [5, 5.41) is 9.01. The Hall–Kier alpha value is -1.30. The molecule has 1 fully saturated rings. The Morgan fingerprint density at radius 3 is 2.10 bits per heavy atom. The van der Waals surface area contributed by atoms with Gasteiger partial charge in [-0.3, -0.25) is 9.69 Å². The molecule has 1 saturated heterocycles. The molecule has 0 bridgehead atoms. The fourth-order valence-electron chi connectivity index (χ4n) is 2.49. The predicted octanol–water partition coefficient (Wildman–Crippen LogP) is 1.32. The Bertz CT molecular complexity index is 341. The van der Waals surface area contributed by atoms with Crippen LogP contribution in [0.25, 0.3) is 0 Å². The molecule has 1 aliphatic heterocycles. The number of carboxylic acid groups (broad SMARTS) is 1. The molecule has 116 valence electrons. The first kappa shape index (κ1) is 16.8. The molecule has 0 spiro atoms. The fraction of sp³-hybridized carbons (Fsp3) is 0.857. The smallest absolute Gasteiger partial charge is 0.320 e. The van der Waals surface area contributed by atoms with Gasteiger partial charge in [-0.05, 0) is 27.2 Å². The third kappa shape index (κ3) is 3.85. The minimum atomic E-state index is -0.806. The molecule has 20 heavy (non-hydrogen) atoms. The first-order valence-corrected chi connectivity index (χ1v) is 7.44. The summed E-state index contributed by atoms with van der Waals surface area (Å²) in [4.78, 5) is 29.1. The molecule has 1 N–H and O–H groups in total. The molecular formula is C14H27N3O3. The molecule has 6 heteroatoms. The number of nitrogens with zero attached hydrogens (tertiary/aromatic N) is 3. The molecule has 0 aromatic carbocycles. The zero-order valence-corrected chi connectivity index (χ0v) is 13.0. The maximum Gasteiger partial charge on any atom is 0.320 e. The summed E-state index contributed by atoms with van der Waals surface area (Å²) >= 11 is 0. The van der Waals surface area contributed by atoms with Gasteiger partial charge in [-0.15, -0.1) is 0 Å². The summed E-state index contributed by atoms with van der Waals surface area (Å²) in [6.07, 6.45) is 0.940. The van der Waals surface area contributed by atoms with Gasteiger partial charge in [0.25, 0.3) is 0 Å². The number of piperazine rings is 1. The quantitative estimate of drug-likeness (QED) is 0.827. The van der Waals surface area contributed by atoms with Crippen LogP contribution in [-0.2, 0) is 4.79 Å². The van der Waals surface area contributed by atoms with Crippen molar-refractivity contribution in [3.8, 4) is 0 Å². The standard InChI is InChI=1S/C14H27N3O3/c1-5-11(3)17(6-2)14(20)16-9-7-15(8-10-16)12(4)13(18)19/h11-12H,5-10H2,1-4H3,(H,18,19). The van der Waals surface area contributed by atoms with Crippen LogP contribution < -0.4 is 0 Å². The van der Waals surface area contributed by atoms with E-state index in [1.807, 2.05) is 21.6 Å². The molecular weight excluding hydrogens is 258 g/mol. The summed E-state index contributed by atoms with van der Waals surface area (Å²) in [5.74, 6) is -0.806. The Morgan fingerprint density at radius 2 is 1.70 bits per heavy atom. The lowest BCUT2D eigenvalue weighted by Gasteiger charge is -2.40. The Morgan fingerprint density at radius 1 is 1.15 bits per heavy atom. The van der Waals surface area contributed by atoms with E-state index in [-0.39, 0.29) is 12.1 Å². The van der Waals surface area contributed by atoms with Crippen molar-refractivity contribution in [1.29, 1.82) is 0 Å². The second-order valence-electron chi connectivity index (χ2n) is 5.36. The van der Waals surface area contributed by atoms with Crippen molar-refractivity contribution < 1.29 is 14.7 Å². The van der Waals surface area contributed by atoms with Gasteiger partial charge < -0.3 is 14.9 Å². The van der Waals surface area contributed by atoms with Crippen LogP contribution in [0, 0.1) is 0 Å². The highest BCUT2D eigenvalue weighted by Gasteiger charge is 2.29. The average Bonchev–Trinajstić information content (AvgIpc) is 2.46. The van der Waals surface area contributed by atoms with E-state index in [1.54, 1.807) is 6.92 Å². The molecule has 6 nitrogen and oxygen atoms in total. The van der Waals surface area contributed by atoms with E-state index in [0.29, 0.717) is 32.7 Å². The highest BCUT2D eigenvalue weighted by molar-refractivity contribution is 5.75. The van der Waals surface area contributed by atoms with Gasteiger partial charge in [-0.25, -0.2) is 4.79 Å². The SMILES string of the molecule is CCC(C)N(CC)C(=O)N1CCN(C(C)C(=O)O)CC1. The molecule has 1 heterocycles. The maximum atomic E-state index is 12.5. The molecule has 0 aromatic rings. The third-order valence-corrected chi connectivity index (χ3v) is 4.20. The second-order valence-corrected chi connectivity index (χ2v) is 5.36. The van der Waals surface area contributed by atoms with Gasteiger partial charge in [0.05, 0.1) is 0 Å². The fourth-order valence-corrected chi connectivity index (χ4v) is 2.49. The minimum absolute atomic E-state index is 0.0736. The first-order valence-electron chi connectivity index (χ1n) is 7.44. The lowest BCUT2D eigenvalue weighted by molar-refractivity contribution is -0.143. The van der Waals surface area contributed by atoms with Gasteiger partial charge in [0, 0.05) is 38.8 Å². The number of aliphatic carboxylic acids is 1. The lowest BCUT2D eigenvalue weighted by atomic mass is 10.2. The molecule has 2 unspecified atom stereocenters. The molecule has 1 aliphatic rings. The van der Waals surface area contributed by atoms with Crippen molar-refractivity contribution in [2.75, 3.05) is 32.7 Å². The zero-order valence-electron chi connectivity index (χ0n) is 13.0. The van der Waals surface area contributed by atoms with Crippen LogP contribution in [0.5, 0.6) is 0 Å². The Labute approximate surface area is 121 Å². The van der Waals surface area contributed by atoms with Crippen molar-refractivity contribution in [2.24, 2.45) is 0 Å².